The Bertz CT molecular complexity index is 549. The second kappa shape index (κ2) is 5.10. The minimum Gasteiger partial charge on any atom is -0.496 e. The Morgan fingerprint density at radius 2 is 2.06 bits per heavy atom. The summed E-state index contributed by atoms with van der Waals surface area (Å²) in [5.41, 5.74) is 9.43. The summed E-state index contributed by atoms with van der Waals surface area (Å²) in [6.45, 7) is 2.39. The van der Waals surface area contributed by atoms with Crippen LogP contribution in [-0.4, -0.2) is 24.4 Å². The molecule has 0 aliphatic rings. The molecule has 3 N–H and O–H groups in total. The van der Waals surface area contributed by atoms with Gasteiger partial charge in [-0.1, -0.05) is 0 Å². The van der Waals surface area contributed by atoms with Crippen LogP contribution in [0.25, 0.3) is 11.3 Å². The van der Waals surface area contributed by atoms with Gasteiger partial charge in [-0.15, -0.1) is 0 Å². The third-order valence-electron chi connectivity index (χ3n) is 2.99. The molecule has 2 aromatic rings. The average molecular weight is 247 g/mol. The maximum atomic E-state index is 5.69. The van der Waals surface area contributed by atoms with Crippen LogP contribution in [0.3, 0.4) is 0 Å². The zero-order valence-corrected chi connectivity index (χ0v) is 10.8. The first kappa shape index (κ1) is 12.4. The minimum absolute atomic E-state index is 0.431. The number of rotatable bonds is 4. The molecule has 1 heterocycles. The molecule has 0 saturated heterocycles. The highest BCUT2D eigenvalue weighted by Crippen LogP contribution is 2.37. The van der Waals surface area contributed by atoms with Crippen molar-refractivity contribution in [3.63, 3.8) is 0 Å². The fourth-order valence-electron chi connectivity index (χ4n) is 2.05. The molecule has 0 fully saturated rings. The van der Waals surface area contributed by atoms with Crippen LogP contribution in [0, 0.1) is 6.92 Å². The third-order valence-corrected chi connectivity index (χ3v) is 2.99. The number of hydrogen-bond acceptors (Lipinski definition) is 4. The molecule has 5 heteroatoms. The molecule has 0 saturated carbocycles. The summed E-state index contributed by atoms with van der Waals surface area (Å²) in [4.78, 5) is 0. The van der Waals surface area contributed by atoms with Crippen molar-refractivity contribution >= 4 is 0 Å². The molecule has 1 aromatic carbocycles. The van der Waals surface area contributed by atoms with Gasteiger partial charge >= 0.3 is 0 Å². The summed E-state index contributed by atoms with van der Waals surface area (Å²) in [6, 6.07) is 3.85. The molecule has 96 valence electrons. The van der Waals surface area contributed by atoms with Crippen LogP contribution in [0.1, 0.15) is 11.1 Å². The van der Waals surface area contributed by atoms with Gasteiger partial charge in [-0.2, -0.15) is 5.10 Å². The maximum absolute atomic E-state index is 5.69. The first-order valence-corrected chi connectivity index (χ1v) is 5.67. The number of nitrogens with zero attached hydrogens (tertiary/aromatic N) is 1. The lowest BCUT2D eigenvalue weighted by molar-refractivity contribution is 0.390. The summed E-state index contributed by atoms with van der Waals surface area (Å²) in [6.07, 6.45) is 1.73. The van der Waals surface area contributed by atoms with E-state index in [1.165, 1.54) is 0 Å². The molecule has 2 rings (SSSR count). The van der Waals surface area contributed by atoms with E-state index in [2.05, 4.69) is 10.2 Å². The largest absolute Gasteiger partial charge is 0.496 e. The van der Waals surface area contributed by atoms with Crippen LogP contribution in [0.15, 0.2) is 18.3 Å². The summed E-state index contributed by atoms with van der Waals surface area (Å²) in [5, 5.41) is 6.99. The van der Waals surface area contributed by atoms with Crippen LogP contribution >= 0.6 is 0 Å². The molecule has 0 amide bonds. The summed E-state index contributed by atoms with van der Waals surface area (Å²) < 4.78 is 10.8. The smallest absolute Gasteiger partial charge is 0.134 e. The highest BCUT2D eigenvalue weighted by Gasteiger charge is 2.16. The van der Waals surface area contributed by atoms with E-state index in [1.54, 1.807) is 20.4 Å². The Hall–Kier alpha value is -2.01. The van der Waals surface area contributed by atoms with Crippen LogP contribution < -0.4 is 15.2 Å². The van der Waals surface area contributed by atoms with Gasteiger partial charge < -0.3 is 15.2 Å². The highest BCUT2D eigenvalue weighted by atomic mass is 16.5. The summed E-state index contributed by atoms with van der Waals surface area (Å²) >= 11 is 0. The van der Waals surface area contributed by atoms with Gasteiger partial charge in [0.25, 0.3) is 0 Å². The number of aromatic nitrogens is 2. The standard InChI is InChI=1S/C13H17N3O2/c1-8-11(17-2)5-4-10(13(8)18-3)12-9(6-14)7-15-16-12/h4-5,7H,6,14H2,1-3H3,(H,15,16). The lowest BCUT2D eigenvalue weighted by atomic mass is 10.0. The molecule has 5 nitrogen and oxygen atoms in total. The zero-order chi connectivity index (χ0) is 13.1. The van der Waals surface area contributed by atoms with Crippen molar-refractivity contribution in [2.45, 2.75) is 13.5 Å². The number of hydrogen-bond donors (Lipinski definition) is 2. The summed E-state index contributed by atoms with van der Waals surface area (Å²) in [5.74, 6) is 1.57. The second-order valence-electron chi connectivity index (χ2n) is 3.95. The highest BCUT2D eigenvalue weighted by molar-refractivity contribution is 5.73. The Morgan fingerprint density at radius 1 is 1.28 bits per heavy atom. The first-order valence-electron chi connectivity index (χ1n) is 5.67. The fraction of sp³-hybridized carbons (Fsp3) is 0.308. The SMILES string of the molecule is COc1ccc(-c2[nH]ncc2CN)c(OC)c1C. The van der Waals surface area contributed by atoms with Crippen molar-refractivity contribution < 1.29 is 9.47 Å². The van der Waals surface area contributed by atoms with Crippen molar-refractivity contribution in [3.8, 4) is 22.8 Å². The van der Waals surface area contributed by atoms with E-state index in [4.69, 9.17) is 15.2 Å². The van der Waals surface area contributed by atoms with Gasteiger partial charge in [0, 0.05) is 23.2 Å². The van der Waals surface area contributed by atoms with Crippen molar-refractivity contribution in [2.24, 2.45) is 5.73 Å². The van der Waals surface area contributed by atoms with E-state index in [-0.39, 0.29) is 0 Å². The van der Waals surface area contributed by atoms with E-state index in [1.807, 2.05) is 19.1 Å². The predicted molar refractivity (Wildman–Crippen MR) is 69.8 cm³/mol. The normalized spacial score (nSPS) is 10.4. The molecular formula is C13H17N3O2. The number of nitrogens with one attached hydrogen (secondary N) is 1. The first-order chi connectivity index (χ1) is 8.72. The molecular weight excluding hydrogens is 230 g/mol. The number of ether oxygens (including phenoxy) is 2. The third kappa shape index (κ3) is 1.93. The number of H-pyrrole nitrogens is 1. The quantitative estimate of drug-likeness (QED) is 0.865. The number of aromatic amines is 1. The molecule has 0 unspecified atom stereocenters. The van der Waals surface area contributed by atoms with E-state index in [0.717, 1.165) is 33.9 Å². The topological polar surface area (TPSA) is 73.2 Å². The van der Waals surface area contributed by atoms with Crippen molar-refractivity contribution in [2.75, 3.05) is 14.2 Å². The summed E-state index contributed by atoms with van der Waals surface area (Å²) in [7, 11) is 3.28. The minimum atomic E-state index is 0.431. The number of benzene rings is 1. The fourth-order valence-corrected chi connectivity index (χ4v) is 2.05. The number of nitrogens with two attached hydrogens (primary N) is 1. The second-order valence-corrected chi connectivity index (χ2v) is 3.95. The van der Waals surface area contributed by atoms with E-state index < -0.39 is 0 Å². The lowest BCUT2D eigenvalue weighted by Crippen LogP contribution is -1.99. The monoisotopic (exact) mass is 247 g/mol. The lowest BCUT2D eigenvalue weighted by Gasteiger charge is -2.14. The molecule has 0 aliphatic carbocycles. The van der Waals surface area contributed by atoms with Gasteiger partial charge in [0.2, 0.25) is 0 Å². The Morgan fingerprint density at radius 3 is 2.67 bits per heavy atom. The van der Waals surface area contributed by atoms with Gasteiger partial charge in [0.05, 0.1) is 26.1 Å². The van der Waals surface area contributed by atoms with Gasteiger partial charge in [-0.3, -0.25) is 5.10 Å². The maximum Gasteiger partial charge on any atom is 0.134 e. The van der Waals surface area contributed by atoms with Gasteiger partial charge in [-0.25, -0.2) is 0 Å². The van der Waals surface area contributed by atoms with Crippen LogP contribution in [0.4, 0.5) is 0 Å². The predicted octanol–water partition coefficient (Wildman–Crippen LogP) is 1.86. The molecule has 0 atom stereocenters. The van der Waals surface area contributed by atoms with Crippen LogP contribution in [-0.2, 0) is 6.54 Å². The Kier molecular flexibility index (Phi) is 3.53. The van der Waals surface area contributed by atoms with E-state index in [0.29, 0.717) is 6.54 Å². The molecule has 0 spiro atoms. The van der Waals surface area contributed by atoms with Gasteiger partial charge in [0.1, 0.15) is 11.5 Å². The van der Waals surface area contributed by atoms with Crippen LogP contribution in [0.2, 0.25) is 0 Å². The Balaban J connectivity index is 2.61. The number of methoxy groups -OCH3 is 2. The van der Waals surface area contributed by atoms with Crippen molar-refractivity contribution in [1.29, 1.82) is 0 Å². The molecule has 1 aromatic heterocycles. The average Bonchev–Trinajstić information content (AvgIpc) is 2.86. The van der Waals surface area contributed by atoms with Crippen molar-refractivity contribution in [3.05, 3.63) is 29.5 Å². The Labute approximate surface area is 106 Å². The molecule has 0 aliphatic heterocycles. The van der Waals surface area contributed by atoms with Gasteiger partial charge in [-0.05, 0) is 19.1 Å². The van der Waals surface area contributed by atoms with Crippen LogP contribution in [0.5, 0.6) is 11.5 Å². The van der Waals surface area contributed by atoms with E-state index >= 15 is 0 Å². The van der Waals surface area contributed by atoms with Crippen molar-refractivity contribution in [1.82, 2.24) is 10.2 Å². The zero-order valence-electron chi connectivity index (χ0n) is 10.8. The molecule has 0 bridgehead atoms. The molecule has 0 radical (unpaired) electrons. The van der Waals surface area contributed by atoms with E-state index in [9.17, 15) is 0 Å². The molecule has 18 heavy (non-hydrogen) atoms. The van der Waals surface area contributed by atoms with Gasteiger partial charge in [0.15, 0.2) is 0 Å².